The van der Waals surface area contributed by atoms with Gasteiger partial charge in [-0.15, -0.1) is 0 Å². The number of hydrogen-bond acceptors (Lipinski definition) is 2. The number of aryl methyl sites for hydroxylation is 2. The zero-order valence-corrected chi connectivity index (χ0v) is 6.76. The molecule has 2 nitrogen and oxygen atoms in total. The molecule has 1 heterocycles. The highest BCUT2D eigenvalue weighted by Crippen LogP contribution is 2.07. The molecule has 0 fully saturated rings. The van der Waals surface area contributed by atoms with Gasteiger partial charge in [-0.3, -0.25) is 0 Å². The van der Waals surface area contributed by atoms with Crippen LogP contribution in [0.2, 0.25) is 0 Å². The summed E-state index contributed by atoms with van der Waals surface area (Å²) < 4.78 is 13.1. The summed E-state index contributed by atoms with van der Waals surface area (Å²) in [6.45, 7) is 3.65. The Hall–Kier alpha value is -0.990. The lowest BCUT2D eigenvalue weighted by Crippen LogP contribution is -1.98. The van der Waals surface area contributed by atoms with E-state index in [1.165, 1.54) is 6.33 Å². The van der Waals surface area contributed by atoms with E-state index in [1.54, 1.807) is 6.92 Å². The molecule has 11 heavy (non-hydrogen) atoms. The summed E-state index contributed by atoms with van der Waals surface area (Å²) in [5, 5.41) is 0. The highest BCUT2D eigenvalue weighted by atomic mass is 19.1. The first kappa shape index (κ1) is 8.11. The Balaban J connectivity index is 2.96. The van der Waals surface area contributed by atoms with E-state index in [0.717, 1.165) is 6.42 Å². The van der Waals surface area contributed by atoms with E-state index in [4.69, 9.17) is 0 Å². The minimum Gasteiger partial charge on any atom is -0.239 e. The third-order valence-electron chi connectivity index (χ3n) is 1.52. The molecule has 0 amide bonds. The molecule has 0 aliphatic rings. The molecular formula is C8H11FN2. The molecule has 0 spiro atoms. The van der Waals surface area contributed by atoms with Crippen molar-refractivity contribution < 1.29 is 4.39 Å². The molecule has 1 rings (SSSR count). The van der Waals surface area contributed by atoms with Crippen LogP contribution in [0, 0.1) is 12.7 Å². The van der Waals surface area contributed by atoms with E-state index >= 15 is 0 Å². The Bertz CT molecular complexity index is 248. The van der Waals surface area contributed by atoms with Gasteiger partial charge in [0, 0.05) is 0 Å². The van der Waals surface area contributed by atoms with Crippen molar-refractivity contribution in [3.8, 4) is 0 Å². The summed E-state index contributed by atoms with van der Waals surface area (Å²) in [5.41, 5.74) is 0.962. The van der Waals surface area contributed by atoms with E-state index in [1.807, 2.05) is 6.92 Å². The van der Waals surface area contributed by atoms with Gasteiger partial charge in [-0.05, 0) is 13.3 Å². The van der Waals surface area contributed by atoms with Crippen LogP contribution in [0.4, 0.5) is 4.39 Å². The van der Waals surface area contributed by atoms with Crippen LogP contribution >= 0.6 is 0 Å². The molecular weight excluding hydrogens is 143 g/mol. The third kappa shape index (κ3) is 1.73. The smallest absolute Gasteiger partial charge is 0.165 e. The molecule has 60 valence electrons. The average Bonchev–Trinajstić information content (AvgIpc) is 1.99. The van der Waals surface area contributed by atoms with Gasteiger partial charge in [0.25, 0.3) is 0 Å². The fourth-order valence-electron chi connectivity index (χ4n) is 0.918. The van der Waals surface area contributed by atoms with Gasteiger partial charge in [-0.1, -0.05) is 13.3 Å². The maximum absolute atomic E-state index is 13.1. The molecule has 0 saturated carbocycles. The molecule has 0 N–H and O–H groups in total. The number of rotatable bonds is 2. The van der Waals surface area contributed by atoms with Gasteiger partial charge in [0.2, 0.25) is 0 Å². The minimum absolute atomic E-state index is 0.255. The highest BCUT2D eigenvalue weighted by molar-refractivity contribution is 5.10. The van der Waals surface area contributed by atoms with Gasteiger partial charge >= 0.3 is 0 Å². The standard InChI is InChI=1S/C8H11FN2/c1-3-4-7-8(9)6(2)10-5-11-7/h5H,3-4H2,1-2H3. The van der Waals surface area contributed by atoms with Crippen molar-refractivity contribution in [2.75, 3.05) is 0 Å². The van der Waals surface area contributed by atoms with Gasteiger partial charge in [-0.2, -0.15) is 0 Å². The first-order valence-corrected chi connectivity index (χ1v) is 3.71. The molecule has 0 atom stereocenters. The van der Waals surface area contributed by atoms with Crippen LogP contribution in [0.1, 0.15) is 24.7 Å². The molecule has 3 heteroatoms. The lowest BCUT2D eigenvalue weighted by Gasteiger charge is -2.00. The molecule has 0 unspecified atom stereocenters. The lowest BCUT2D eigenvalue weighted by atomic mass is 10.2. The molecule has 1 aromatic rings. The van der Waals surface area contributed by atoms with E-state index < -0.39 is 0 Å². The number of nitrogens with zero attached hydrogens (tertiary/aromatic N) is 2. The van der Waals surface area contributed by atoms with Gasteiger partial charge in [0.1, 0.15) is 6.33 Å². The van der Waals surface area contributed by atoms with Crippen LogP contribution in [0.15, 0.2) is 6.33 Å². The van der Waals surface area contributed by atoms with Gasteiger partial charge in [-0.25, -0.2) is 14.4 Å². The quantitative estimate of drug-likeness (QED) is 0.650. The van der Waals surface area contributed by atoms with Crippen LogP contribution in [0.3, 0.4) is 0 Å². The lowest BCUT2D eigenvalue weighted by molar-refractivity contribution is 0.576. The van der Waals surface area contributed by atoms with Crippen molar-refractivity contribution >= 4 is 0 Å². The zero-order valence-electron chi connectivity index (χ0n) is 6.76. The van der Waals surface area contributed by atoms with Gasteiger partial charge in [0.05, 0.1) is 11.4 Å². The van der Waals surface area contributed by atoms with Crippen LogP contribution in [-0.4, -0.2) is 9.97 Å². The Morgan fingerprint density at radius 3 is 2.82 bits per heavy atom. The Kier molecular flexibility index (Phi) is 2.52. The van der Waals surface area contributed by atoms with E-state index in [0.29, 0.717) is 17.8 Å². The predicted molar refractivity (Wildman–Crippen MR) is 40.7 cm³/mol. The summed E-state index contributed by atoms with van der Waals surface area (Å²) in [5.74, 6) is -0.255. The van der Waals surface area contributed by atoms with E-state index in [9.17, 15) is 4.39 Å². The first-order valence-electron chi connectivity index (χ1n) is 3.71. The van der Waals surface area contributed by atoms with E-state index in [2.05, 4.69) is 9.97 Å². The molecule has 0 aliphatic carbocycles. The second-order valence-electron chi connectivity index (χ2n) is 2.47. The second-order valence-corrected chi connectivity index (χ2v) is 2.47. The Morgan fingerprint density at radius 1 is 1.45 bits per heavy atom. The van der Waals surface area contributed by atoms with Crippen LogP contribution in [-0.2, 0) is 6.42 Å². The monoisotopic (exact) mass is 154 g/mol. The summed E-state index contributed by atoms with van der Waals surface area (Å²) in [7, 11) is 0. The number of halogens is 1. The zero-order chi connectivity index (χ0) is 8.27. The molecule has 0 saturated heterocycles. The van der Waals surface area contributed by atoms with Crippen molar-refractivity contribution in [2.24, 2.45) is 0 Å². The predicted octanol–water partition coefficient (Wildman–Crippen LogP) is 1.88. The van der Waals surface area contributed by atoms with Crippen molar-refractivity contribution in [3.05, 3.63) is 23.5 Å². The van der Waals surface area contributed by atoms with Gasteiger partial charge in [0.15, 0.2) is 5.82 Å². The van der Waals surface area contributed by atoms with Crippen molar-refractivity contribution in [1.82, 2.24) is 9.97 Å². The van der Waals surface area contributed by atoms with Crippen LogP contribution in [0.25, 0.3) is 0 Å². The summed E-state index contributed by atoms with van der Waals surface area (Å²) >= 11 is 0. The maximum atomic E-state index is 13.1. The molecule has 0 radical (unpaired) electrons. The second kappa shape index (κ2) is 3.42. The van der Waals surface area contributed by atoms with Crippen molar-refractivity contribution in [1.29, 1.82) is 0 Å². The van der Waals surface area contributed by atoms with Gasteiger partial charge < -0.3 is 0 Å². The Morgan fingerprint density at radius 2 is 2.18 bits per heavy atom. The molecule has 0 aliphatic heterocycles. The summed E-state index contributed by atoms with van der Waals surface area (Å²) in [4.78, 5) is 7.58. The third-order valence-corrected chi connectivity index (χ3v) is 1.52. The average molecular weight is 154 g/mol. The van der Waals surface area contributed by atoms with Crippen molar-refractivity contribution in [3.63, 3.8) is 0 Å². The highest BCUT2D eigenvalue weighted by Gasteiger charge is 2.04. The maximum Gasteiger partial charge on any atom is 0.165 e. The summed E-state index contributed by atoms with van der Waals surface area (Å²) in [6, 6.07) is 0. The normalized spacial score (nSPS) is 10.1. The SMILES string of the molecule is CCCc1ncnc(C)c1F. The van der Waals surface area contributed by atoms with E-state index in [-0.39, 0.29) is 5.82 Å². The molecule has 0 aromatic carbocycles. The number of aromatic nitrogens is 2. The van der Waals surface area contributed by atoms with Crippen molar-refractivity contribution in [2.45, 2.75) is 26.7 Å². The fraction of sp³-hybridized carbons (Fsp3) is 0.500. The summed E-state index contributed by atoms with van der Waals surface area (Å²) in [6.07, 6.45) is 3.01. The first-order chi connectivity index (χ1) is 5.25. The fourth-order valence-corrected chi connectivity index (χ4v) is 0.918. The topological polar surface area (TPSA) is 25.8 Å². The number of hydrogen-bond donors (Lipinski definition) is 0. The minimum atomic E-state index is -0.255. The van der Waals surface area contributed by atoms with Crippen LogP contribution < -0.4 is 0 Å². The molecule has 0 bridgehead atoms. The molecule has 1 aromatic heterocycles. The Labute approximate surface area is 65.5 Å². The van der Waals surface area contributed by atoms with Crippen LogP contribution in [0.5, 0.6) is 0 Å². The largest absolute Gasteiger partial charge is 0.239 e.